The van der Waals surface area contributed by atoms with E-state index in [1.807, 2.05) is 30.3 Å². The van der Waals surface area contributed by atoms with Crippen LogP contribution >= 0.6 is 0 Å². The summed E-state index contributed by atoms with van der Waals surface area (Å²) in [6.45, 7) is 0.210. The van der Waals surface area contributed by atoms with Crippen molar-refractivity contribution in [1.82, 2.24) is 9.78 Å². The number of benzene rings is 2. The first-order valence-electron chi connectivity index (χ1n) is 7.91. The van der Waals surface area contributed by atoms with E-state index < -0.39 is 0 Å². The van der Waals surface area contributed by atoms with Crippen molar-refractivity contribution in [3.63, 3.8) is 0 Å². The van der Waals surface area contributed by atoms with E-state index in [9.17, 15) is 9.90 Å². The maximum Gasteiger partial charge on any atom is 0.260 e. The zero-order valence-electron chi connectivity index (χ0n) is 13.8. The summed E-state index contributed by atoms with van der Waals surface area (Å²) in [6.07, 6.45) is 0. The molecule has 1 aromatic heterocycles. The minimum absolute atomic E-state index is 0.0760. The summed E-state index contributed by atoms with van der Waals surface area (Å²) in [5.41, 5.74) is 2.10. The molecule has 0 fully saturated rings. The number of carbonyl (C=O) groups excluding carboxylic acids is 1. The fourth-order valence-corrected chi connectivity index (χ4v) is 2.55. The van der Waals surface area contributed by atoms with Crippen LogP contribution in [0.2, 0.25) is 0 Å². The Bertz CT molecular complexity index is 859. The lowest BCUT2D eigenvalue weighted by Crippen LogP contribution is -2.17. The van der Waals surface area contributed by atoms with Gasteiger partial charge in [0.2, 0.25) is 0 Å². The van der Waals surface area contributed by atoms with Crippen molar-refractivity contribution in [3.8, 4) is 17.0 Å². The van der Waals surface area contributed by atoms with Gasteiger partial charge in [0.1, 0.15) is 11.6 Å². The number of aliphatic hydroxyl groups excluding tert-OH is 1. The van der Waals surface area contributed by atoms with Gasteiger partial charge in [-0.25, -0.2) is 4.68 Å². The number of nitrogens with zero attached hydrogens (tertiary/aromatic N) is 2. The summed E-state index contributed by atoms with van der Waals surface area (Å²) >= 11 is 0. The monoisotopic (exact) mass is 337 g/mol. The normalized spacial score (nSPS) is 10.5. The SMILES string of the molecule is COc1ccccc1C(=O)Nc1cc(-c2ccccc2)nn1CCO. The molecule has 1 amide bonds. The molecular weight excluding hydrogens is 318 g/mol. The van der Waals surface area contributed by atoms with Crippen molar-refractivity contribution in [2.75, 3.05) is 19.0 Å². The zero-order valence-corrected chi connectivity index (χ0v) is 13.8. The number of methoxy groups -OCH3 is 1. The number of para-hydroxylation sites is 1. The first-order chi connectivity index (χ1) is 12.2. The van der Waals surface area contributed by atoms with E-state index in [2.05, 4.69) is 10.4 Å². The number of nitrogens with one attached hydrogen (secondary N) is 1. The standard InChI is InChI=1S/C19H19N3O3/c1-25-17-10-6-5-9-15(17)19(24)20-18-13-16(21-22(18)11-12-23)14-7-3-2-4-8-14/h2-10,13,23H,11-12H2,1H3,(H,20,24). The molecular formula is C19H19N3O3. The molecule has 0 saturated heterocycles. The van der Waals surface area contributed by atoms with Gasteiger partial charge in [0.05, 0.1) is 31.5 Å². The third-order valence-electron chi connectivity index (χ3n) is 3.75. The Balaban J connectivity index is 1.91. The summed E-state index contributed by atoms with van der Waals surface area (Å²) < 4.78 is 6.81. The summed E-state index contributed by atoms with van der Waals surface area (Å²) in [7, 11) is 1.52. The summed E-state index contributed by atoms with van der Waals surface area (Å²) in [4.78, 5) is 12.6. The highest BCUT2D eigenvalue weighted by molar-refractivity contribution is 6.06. The molecule has 0 aliphatic heterocycles. The summed E-state index contributed by atoms with van der Waals surface area (Å²) in [6, 6.07) is 18.5. The summed E-state index contributed by atoms with van der Waals surface area (Å²) in [5, 5.41) is 16.6. The molecule has 0 aliphatic carbocycles. The Morgan fingerprint density at radius 3 is 2.60 bits per heavy atom. The number of aliphatic hydroxyl groups is 1. The molecule has 0 spiro atoms. The lowest BCUT2D eigenvalue weighted by Gasteiger charge is -2.10. The van der Waals surface area contributed by atoms with Gasteiger partial charge in [-0.2, -0.15) is 5.10 Å². The second-order valence-corrected chi connectivity index (χ2v) is 5.38. The van der Waals surface area contributed by atoms with Crippen molar-refractivity contribution in [2.24, 2.45) is 0 Å². The van der Waals surface area contributed by atoms with Crippen molar-refractivity contribution < 1.29 is 14.6 Å². The van der Waals surface area contributed by atoms with Crippen LogP contribution in [-0.4, -0.2) is 34.5 Å². The van der Waals surface area contributed by atoms with E-state index in [1.165, 1.54) is 7.11 Å². The van der Waals surface area contributed by atoms with Crippen LogP contribution in [0.5, 0.6) is 5.75 Å². The molecule has 128 valence electrons. The van der Waals surface area contributed by atoms with Gasteiger partial charge in [0, 0.05) is 11.6 Å². The van der Waals surface area contributed by atoms with E-state index in [0.717, 1.165) is 11.3 Å². The molecule has 6 heteroatoms. The zero-order chi connectivity index (χ0) is 17.6. The van der Waals surface area contributed by atoms with Gasteiger partial charge < -0.3 is 15.2 Å². The average Bonchev–Trinajstić information content (AvgIpc) is 3.05. The molecule has 25 heavy (non-hydrogen) atoms. The first-order valence-corrected chi connectivity index (χ1v) is 7.91. The predicted molar refractivity (Wildman–Crippen MR) is 95.7 cm³/mol. The number of hydrogen-bond acceptors (Lipinski definition) is 4. The third kappa shape index (κ3) is 3.70. The molecule has 0 radical (unpaired) electrons. The van der Waals surface area contributed by atoms with Gasteiger partial charge in [0.15, 0.2) is 0 Å². The van der Waals surface area contributed by atoms with E-state index in [-0.39, 0.29) is 19.1 Å². The highest BCUT2D eigenvalue weighted by Crippen LogP contribution is 2.24. The average molecular weight is 337 g/mol. The van der Waals surface area contributed by atoms with Crippen molar-refractivity contribution in [2.45, 2.75) is 6.54 Å². The predicted octanol–water partition coefficient (Wildman–Crippen LogP) is 2.80. The number of hydrogen-bond donors (Lipinski definition) is 2. The van der Waals surface area contributed by atoms with E-state index in [4.69, 9.17) is 4.74 Å². The first kappa shape index (κ1) is 16.7. The maximum absolute atomic E-state index is 12.6. The molecule has 3 aromatic rings. The number of carbonyl (C=O) groups is 1. The van der Waals surface area contributed by atoms with Crippen LogP contribution in [-0.2, 0) is 6.54 Å². The minimum Gasteiger partial charge on any atom is -0.496 e. The minimum atomic E-state index is -0.295. The molecule has 3 rings (SSSR count). The van der Waals surface area contributed by atoms with Crippen LogP contribution in [0.4, 0.5) is 5.82 Å². The number of aromatic nitrogens is 2. The number of rotatable bonds is 6. The van der Waals surface area contributed by atoms with Crippen molar-refractivity contribution in [1.29, 1.82) is 0 Å². The van der Waals surface area contributed by atoms with Crippen LogP contribution < -0.4 is 10.1 Å². The number of anilines is 1. The lowest BCUT2D eigenvalue weighted by molar-refractivity contribution is 0.102. The molecule has 0 atom stereocenters. The van der Waals surface area contributed by atoms with Gasteiger partial charge in [0.25, 0.3) is 5.91 Å². The molecule has 0 aliphatic rings. The Morgan fingerprint density at radius 2 is 1.88 bits per heavy atom. The molecule has 0 saturated carbocycles. The Labute approximate surface area is 145 Å². The topological polar surface area (TPSA) is 76.4 Å². The highest BCUT2D eigenvalue weighted by atomic mass is 16.5. The van der Waals surface area contributed by atoms with Crippen LogP contribution in [0, 0.1) is 0 Å². The third-order valence-corrected chi connectivity index (χ3v) is 3.75. The molecule has 0 unspecified atom stereocenters. The van der Waals surface area contributed by atoms with E-state index in [0.29, 0.717) is 17.1 Å². The van der Waals surface area contributed by atoms with Crippen molar-refractivity contribution in [3.05, 3.63) is 66.2 Å². The molecule has 1 heterocycles. The van der Waals surface area contributed by atoms with Crippen LogP contribution in [0.25, 0.3) is 11.3 Å². The Hall–Kier alpha value is -3.12. The maximum atomic E-state index is 12.6. The second kappa shape index (κ2) is 7.63. The largest absolute Gasteiger partial charge is 0.496 e. The fourth-order valence-electron chi connectivity index (χ4n) is 2.55. The van der Waals surface area contributed by atoms with Crippen LogP contribution in [0.1, 0.15) is 10.4 Å². The molecule has 0 bridgehead atoms. The highest BCUT2D eigenvalue weighted by Gasteiger charge is 2.16. The molecule has 2 N–H and O–H groups in total. The quantitative estimate of drug-likeness (QED) is 0.725. The Morgan fingerprint density at radius 1 is 1.16 bits per heavy atom. The van der Waals surface area contributed by atoms with Crippen LogP contribution in [0.3, 0.4) is 0 Å². The lowest BCUT2D eigenvalue weighted by atomic mass is 10.1. The molecule has 2 aromatic carbocycles. The van der Waals surface area contributed by atoms with Gasteiger partial charge in [-0.3, -0.25) is 4.79 Å². The van der Waals surface area contributed by atoms with E-state index >= 15 is 0 Å². The number of ether oxygens (including phenoxy) is 1. The molecule has 6 nitrogen and oxygen atoms in total. The smallest absolute Gasteiger partial charge is 0.260 e. The fraction of sp³-hybridized carbons (Fsp3) is 0.158. The van der Waals surface area contributed by atoms with Gasteiger partial charge in [-0.1, -0.05) is 42.5 Å². The van der Waals surface area contributed by atoms with Gasteiger partial charge >= 0.3 is 0 Å². The van der Waals surface area contributed by atoms with E-state index in [1.54, 1.807) is 35.0 Å². The second-order valence-electron chi connectivity index (χ2n) is 5.38. The van der Waals surface area contributed by atoms with Crippen molar-refractivity contribution >= 4 is 11.7 Å². The van der Waals surface area contributed by atoms with Gasteiger partial charge in [-0.15, -0.1) is 0 Å². The van der Waals surface area contributed by atoms with Crippen LogP contribution in [0.15, 0.2) is 60.7 Å². The number of amides is 1. The van der Waals surface area contributed by atoms with Gasteiger partial charge in [-0.05, 0) is 12.1 Å². The summed E-state index contributed by atoms with van der Waals surface area (Å²) in [5.74, 6) is 0.719. The Kier molecular flexibility index (Phi) is 5.11.